The fourth-order valence-corrected chi connectivity index (χ4v) is 11.6. The number of carboxylic acid groups (broad SMARTS) is 1. The van der Waals surface area contributed by atoms with Crippen LogP contribution in [0.1, 0.15) is 90.0 Å². The summed E-state index contributed by atoms with van der Waals surface area (Å²) in [6, 6.07) is 15.5. The summed E-state index contributed by atoms with van der Waals surface area (Å²) in [4.78, 5) is 115. The van der Waals surface area contributed by atoms with Gasteiger partial charge in [0.1, 0.15) is 18.7 Å². The number of nitrogens with zero attached hydrogens (tertiary/aromatic N) is 7. The first-order valence-electron chi connectivity index (χ1n) is 29.4. The number of nitrogens with two attached hydrogens (primary N) is 1. The summed E-state index contributed by atoms with van der Waals surface area (Å²) in [6.07, 6.45) is 4.21. The number of aromatic nitrogens is 4. The van der Waals surface area contributed by atoms with Gasteiger partial charge in [-0.1, -0.05) is 61.3 Å². The number of urea groups is 1. The number of carboxylic acids is 1. The van der Waals surface area contributed by atoms with Gasteiger partial charge in [0.05, 0.1) is 43.1 Å². The van der Waals surface area contributed by atoms with E-state index in [-0.39, 0.29) is 96.3 Å². The highest BCUT2D eigenvalue weighted by molar-refractivity contribution is 7.22. The van der Waals surface area contributed by atoms with Crippen LogP contribution in [-0.2, 0) is 52.9 Å². The molecule has 3 aromatic carbocycles. The van der Waals surface area contributed by atoms with Gasteiger partial charge in [-0.15, -0.1) is 21.5 Å². The Morgan fingerprint density at radius 3 is 2.42 bits per heavy atom. The van der Waals surface area contributed by atoms with Gasteiger partial charge in [-0.25, -0.2) is 28.7 Å². The molecule has 0 fully saturated rings. The lowest BCUT2D eigenvalue weighted by Gasteiger charge is -2.28. The van der Waals surface area contributed by atoms with Crippen molar-refractivity contribution in [3.05, 3.63) is 118 Å². The minimum Gasteiger partial charge on any atom is -0.491 e. The molecule has 26 nitrogen and oxygen atoms in total. The van der Waals surface area contributed by atoms with Crippen LogP contribution in [0.2, 0.25) is 0 Å². The fraction of sp³-hybridized carbons (Fsp3) is 0.387. The average molecular weight is 1290 g/mol. The average Bonchev–Trinajstić information content (AvgIpc) is 1.82. The summed E-state index contributed by atoms with van der Waals surface area (Å²) in [5.74, 6) is 2.00. The number of aromatic carboxylic acids is 1. The van der Waals surface area contributed by atoms with Crippen molar-refractivity contribution in [2.75, 3.05) is 74.7 Å². The number of carbonyl (C=O) groups is 8. The van der Waals surface area contributed by atoms with Gasteiger partial charge >= 0.3 is 18.1 Å². The SMILES string of the molecule is Cc1c(Nc2nc3ccccc3s2)nnc2c1CCCN2c1nc(C(=O)O)c(CCCOc2ccc(C#CCN(CCCO)C(=O)OCc3ccc(NC(=O)[C@H](CCCNC(N)=O)NC(=O)[C@@H](NC(=O)CCOCCN4C(=O)C=CC4=O)C(C)C)cc3)cc2F)s1. The number of aliphatic hydroxyl groups excluding tert-OH is 1. The van der Waals surface area contributed by atoms with Gasteiger partial charge in [0.25, 0.3) is 11.8 Å². The Morgan fingerprint density at radius 2 is 1.69 bits per heavy atom. The molecule has 0 unspecified atom stereocenters. The second-order valence-electron chi connectivity index (χ2n) is 21.4. The minimum absolute atomic E-state index is 0.00942. The quantitative estimate of drug-likeness (QED) is 0.0135. The largest absolute Gasteiger partial charge is 0.491 e. The molecule has 0 bridgehead atoms. The molecule has 6 aromatic rings. The molecule has 0 saturated carbocycles. The molecule has 0 aliphatic carbocycles. The van der Waals surface area contributed by atoms with E-state index in [0.29, 0.717) is 63.0 Å². The summed E-state index contributed by atoms with van der Waals surface area (Å²) in [5, 5.41) is 43.9. The van der Waals surface area contributed by atoms with E-state index < -0.39 is 71.4 Å². The summed E-state index contributed by atoms with van der Waals surface area (Å²) < 4.78 is 33.2. The van der Waals surface area contributed by atoms with Crippen molar-refractivity contribution in [1.29, 1.82) is 0 Å². The van der Waals surface area contributed by atoms with Crippen molar-refractivity contribution in [3.8, 4) is 17.6 Å². The van der Waals surface area contributed by atoms with Crippen LogP contribution in [-0.4, -0.2) is 159 Å². The number of hydrogen-bond acceptors (Lipinski definition) is 20. The van der Waals surface area contributed by atoms with Crippen LogP contribution in [0.5, 0.6) is 5.75 Å². The number of halogens is 1. The third kappa shape index (κ3) is 19.0. The number of benzene rings is 3. The van der Waals surface area contributed by atoms with Crippen LogP contribution in [0.3, 0.4) is 0 Å². The van der Waals surface area contributed by atoms with Crippen LogP contribution in [0.15, 0.2) is 78.9 Å². The molecular weight excluding hydrogens is 1220 g/mol. The zero-order valence-corrected chi connectivity index (χ0v) is 51.9. The zero-order chi connectivity index (χ0) is 65.0. The lowest BCUT2D eigenvalue weighted by Crippen LogP contribution is -2.54. The molecule has 8 rings (SSSR count). The maximum Gasteiger partial charge on any atom is 0.410 e. The monoisotopic (exact) mass is 1290 g/mol. The van der Waals surface area contributed by atoms with E-state index in [4.69, 9.17) is 19.9 Å². The number of hydrogen-bond donors (Lipinski definition) is 8. The molecule has 0 spiro atoms. The second kappa shape index (κ2) is 32.7. The maximum absolute atomic E-state index is 15.4. The Morgan fingerprint density at radius 1 is 0.912 bits per heavy atom. The van der Waals surface area contributed by atoms with Gasteiger partial charge < -0.3 is 61.6 Å². The molecule has 480 valence electrons. The van der Waals surface area contributed by atoms with Crippen molar-refractivity contribution in [2.45, 2.75) is 90.8 Å². The topological polar surface area (TPSA) is 352 Å². The van der Waals surface area contributed by atoms with E-state index >= 15 is 4.39 Å². The van der Waals surface area contributed by atoms with Crippen molar-refractivity contribution in [3.63, 3.8) is 0 Å². The van der Waals surface area contributed by atoms with Crippen molar-refractivity contribution < 1.29 is 67.2 Å². The number of anilines is 5. The van der Waals surface area contributed by atoms with Gasteiger partial charge in [0.15, 0.2) is 39.2 Å². The van der Waals surface area contributed by atoms with Crippen molar-refractivity contribution >= 4 is 108 Å². The van der Waals surface area contributed by atoms with Gasteiger partial charge in [-0.3, -0.25) is 33.8 Å². The first-order chi connectivity index (χ1) is 43.8. The minimum atomic E-state index is -1.17. The van der Waals surface area contributed by atoms with E-state index in [1.165, 1.54) is 39.7 Å². The summed E-state index contributed by atoms with van der Waals surface area (Å²) >= 11 is 2.78. The van der Waals surface area contributed by atoms with E-state index in [1.54, 1.807) is 44.2 Å². The number of ether oxygens (including phenoxy) is 3. The van der Waals surface area contributed by atoms with Crippen LogP contribution in [0, 0.1) is 30.5 Å². The Kier molecular flexibility index (Phi) is 24.2. The third-order valence-corrected chi connectivity index (χ3v) is 16.5. The molecule has 3 aromatic heterocycles. The van der Waals surface area contributed by atoms with E-state index in [9.17, 15) is 48.6 Å². The lowest BCUT2D eigenvalue weighted by molar-refractivity contribution is -0.138. The number of aliphatic hydroxyl groups is 1. The molecule has 0 radical (unpaired) electrons. The Labute approximate surface area is 531 Å². The Bertz CT molecular complexity index is 3670. The number of nitrogens with one attached hydrogen (secondary N) is 5. The number of imide groups is 1. The maximum atomic E-state index is 15.4. The number of fused-ring (bicyclic) bond motifs is 2. The highest BCUT2D eigenvalue weighted by Crippen LogP contribution is 2.39. The number of carbonyl (C=O) groups excluding carboxylic acids is 7. The first kappa shape index (κ1) is 67.3. The highest BCUT2D eigenvalue weighted by Gasteiger charge is 2.31. The number of para-hydroxylation sites is 1. The lowest BCUT2D eigenvalue weighted by atomic mass is 10.0. The number of rotatable bonds is 31. The highest BCUT2D eigenvalue weighted by atomic mass is 32.1. The van der Waals surface area contributed by atoms with Gasteiger partial charge in [0.2, 0.25) is 17.7 Å². The first-order valence-corrected chi connectivity index (χ1v) is 31.1. The van der Waals surface area contributed by atoms with Crippen LogP contribution >= 0.6 is 22.7 Å². The summed E-state index contributed by atoms with van der Waals surface area (Å²) in [6.45, 7) is 5.72. The van der Waals surface area contributed by atoms with Crippen molar-refractivity contribution in [1.82, 2.24) is 45.9 Å². The predicted molar refractivity (Wildman–Crippen MR) is 337 cm³/mol. The smallest absolute Gasteiger partial charge is 0.410 e. The number of amides is 8. The van der Waals surface area contributed by atoms with E-state index in [1.807, 2.05) is 36.1 Å². The molecular formula is C62H70FN13O13S2. The number of primary amides is 1. The Hall–Kier alpha value is -9.63. The molecule has 29 heteroatoms. The third-order valence-electron chi connectivity index (χ3n) is 14.4. The molecule has 9 N–H and O–H groups in total. The number of aryl methyl sites for hydroxylation is 1. The molecule has 5 heterocycles. The van der Waals surface area contributed by atoms with Gasteiger partial charge in [-0.2, -0.15) is 0 Å². The molecule has 2 atom stereocenters. The normalized spacial score (nSPS) is 13.3. The summed E-state index contributed by atoms with van der Waals surface area (Å²) in [7, 11) is 0. The molecule has 8 amide bonds. The second-order valence-corrected chi connectivity index (χ2v) is 23.5. The number of thiazole rings is 2. The zero-order valence-electron chi connectivity index (χ0n) is 50.3. The summed E-state index contributed by atoms with van der Waals surface area (Å²) in [5.41, 5.74) is 9.11. The predicted octanol–water partition coefficient (Wildman–Crippen LogP) is 6.25. The van der Waals surface area contributed by atoms with Crippen LogP contribution in [0.4, 0.5) is 41.6 Å². The molecule has 91 heavy (non-hydrogen) atoms. The van der Waals surface area contributed by atoms with Gasteiger partial charge in [-0.05, 0) is 106 Å². The molecule has 2 aliphatic rings. The molecule has 0 saturated heterocycles. The van der Waals surface area contributed by atoms with E-state index in [2.05, 4.69) is 58.6 Å². The molecule has 2 aliphatic heterocycles. The van der Waals surface area contributed by atoms with Gasteiger partial charge in [0, 0.05) is 72.1 Å². The van der Waals surface area contributed by atoms with Crippen molar-refractivity contribution in [2.24, 2.45) is 11.7 Å². The standard InChI is InChI=1S/C62H70FN13O13S2/c1-37(2)52(69-49(78)25-33-87-34-30-75-50(79)23-24-51(75)80)57(82)67-45(14-6-26-65-59(64)85)56(81)66-41-20-17-40(18-21-41)36-89-62(86)74(28-10-31-77)27-7-11-39-19-22-46(43(63)35-39)88-32-9-16-48-53(58(83)84)70-61(91-48)76-29-8-12-42-38(3)54(72-73-55(42)76)71-60-68-44-13-4-5-15-47(44)90-60/h4-5,13,15,17-24,35,37,45,52,77H,6,8-10,12,14,16,25-34,36H2,1-3H3,(H,66,81)(H,67,82)(H,69,78)(H,83,84)(H3,64,65,85)(H,68,71,72)/t45-,52-/m0/s1. The van der Waals surface area contributed by atoms with Crippen LogP contribution < -0.4 is 42.0 Å². The van der Waals surface area contributed by atoms with E-state index in [0.717, 1.165) is 51.2 Å². The Balaban J connectivity index is 0.789. The van der Waals surface area contributed by atoms with Crippen LogP contribution in [0.25, 0.3) is 10.2 Å². The fourth-order valence-electron chi connectivity index (χ4n) is 9.60.